The Morgan fingerprint density at radius 3 is 2.85 bits per heavy atom. The number of amides is 1. The van der Waals surface area contributed by atoms with Crippen LogP contribution in [-0.2, 0) is 11.2 Å². The number of halogens is 1. The molecular formula is C19H15FN4O2S. The van der Waals surface area contributed by atoms with Gasteiger partial charge in [-0.15, -0.1) is 10.2 Å². The molecule has 0 radical (unpaired) electrons. The predicted octanol–water partition coefficient (Wildman–Crippen LogP) is 4.01. The van der Waals surface area contributed by atoms with Gasteiger partial charge in [-0.2, -0.15) is 0 Å². The molecule has 0 atom stereocenters. The van der Waals surface area contributed by atoms with Crippen molar-refractivity contribution in [1.29, 1.82) is 0 Å². The number of H-pyrrole nitrogens is 1. The van der Waals surface area contributed by atoms with Gasteiger partial charge in [0.25, 0.3) is 5.22 Å². The van der Waals surface area contributed by atoms with E-state index in [0.717, 1.165) is 28.2 Å². The van der Waals surface area contributed by atoms with Crippen LogP contribution in [0.25, 0.3) is 10.9 Å². The quantitative estimate of drug-likeness (QED) is 0.492. The van der Waals surface area contributed by atoms with Crippen molar-refractivity contribution in [3.63, 3.8) is 0 Å². The van der Waals surface area contributed by atoms with Crippen molar-refractivity contribution in [2.45, 2.75) is 11.6 Å². The predicted molar refractivity (Wildman–Crippen MR) is 101 cm³/mol. The third-order valence-corrected chi connectivity index (χ3v) is 4.76. The second-order valence-corrected chi connectivity index (χ2v) is 6.74. The molecule has 2 aromatic heterocycles. The molecule has 2 heterocycles. The lowest BCUT2D eigenvalue weighted by Gasteiger charge is -2.04. The van der Waals surface area contributed by atoms with Crippen LogP contribution in [-0.4, -0.2) is 26.8 Å². The molecule has 0 bridgehead atoms. The molecule has 27 heavy (non-hydrogen) atoms. The Bertz CT molecular complexity index is 1090. The minimum absolute atomic E-state index is 0.0447. The molecular weight excluding hydrogens is 367 g/mol. The Morgan fingerprint density at radius 2 is 1.96 bits per heavy atom. The Balaban J connectivity index is 1.35. The van der Waals surface area contributed by atoms with E-state index in [-0.39, 0.29) is 17.3 Å². The molecule has 4 aromatic rings. The summed E-state index contributed by atoms with van der Waals surface area (Å²) in [6.45, 7) is 0. The van der Waals surface area contributed by atoms with Gasteiger partial charge < -0.3 is 14.7 Å². The smallest absolute Gasteiger partial charge is 0.277 e. The maximum Gasteiger partial charge on any atom is 0.277 e. The average molecular weight is 382 g/mol. The van der Waals surface area contributed by atoms with Gasteiger partial charge in [-0.25, -0.2) is 4.39 Å². The highest BCUT2D eigenvalue weighted by Gasteiger charge is 2.13. The van der Waals surface area contributed by atoms with Crippen LogP contribution < -0.4 is 5.32 Å². The van der Waals surface area contributed by atoms with Crippen LogP contribution in [0.15, 0.2) is 64.4 Å². The van der Waals surface area contributed by atoms with E-state index in [0.29, 0.717) is 17.5 Å². The lowest BCUT2D eigenvalue weighted by atomic mass is 10.1. The highest BCUT2D eigenvalue weighted by Crippen LogP contribution is 2.22. The number of nitrogens with one attached hydrogen (secondary N) is 2. The van der Waals surface area contributed by atoms with Crippen LogP contribution in [0.2, 0.25) is 0 Å². The Labute approximate surface area is 158 Å². The van der Waals surface area contributed by atoms with E-state index in [4.69, 9.17) is 4.42 Å². The molecule has 136 valence electrons. The van der Waals surface area contributed by atoms with Gasteiger partial charge in [-0.3, -0.25) is 4.79 Å². The van der Waals surface area contributed by atoms with Gasteiger partial charge in [0, 0.05) is 17.1 Å². The second-order valence-electron chi connectivity index (χ2n) is 5.81. The van der Waals surface area contributed by atoms with Gasteiger partial charge in [-0.05, 0) is 23.8 Å². The largest absolute Gasteiger partial charge is 0.416 e. The molecule has 0 saturated carbocycles. The number of carbonyl (C=O) groups is 1. The average Bonchev–Trinajstić information content (AvgIpc) is 3.30. The molecule has 2 aromatic carbocycles. The van der Waals surface area contributed by atoms with Crippen LogP contribution in [0.5, 0.6) is 0 Å². The molecule has 0 saturated heterocycles. The first-order valence-corrected chi connectivity index (χ1v) is 9.22. The van der Waals surface area contributed by atoms with Crippen molar-refractivity contribution in [3.8, 4) is 0 Å². The summed E-state index contributed by atoms with van der Waals surface area (Å²) >= 11 is 1.11. The third-order valence-electron chi connectivity index (χ3n) is 3.94. The Hall–Kier alpha value is -3.13. The van der Waals surface area contributed by atoms with Crippen LogP contribution in [0.4, 0.5) is 10.1 Å². The second kappa shape index (κ2) is 7.63. The first-order valence-electron chi connectivity index (χ1n) is 8.23. The summed E-state index contributed by atoms with van der Waals surface area (Å²) in [4.78, 5) is 15.2. The summed E-state index contributed by atoms with van der Waals surface area (Å²) in [6, 6.07) is 14.0. The fourth-order valence-corrected chi connectivity index (χ4v) is 3.27. The van der Waals surface area contributed by atoms with Crippen LogP contribution in [0.1, 0.15) is 11.5 Å². The monoisotopic (exact) mass is 382 g/mol. The molecule has 1 amide bonds. The number of para-hydroxylation sites is 2. The number of anilines is 1. The SMILES string of the molecule is O=C(CSc1nnc(Cc2c[nH]c3ccccc23)o1)Nc1ccccc1F. The lowest BCUT2D eigenvalue weighted by molar-refractivity contribution is -0.113. The first-order chi connectivity index (χ1) is 13.2. The molecule has 0 fully saturated rings. The molecule has 0 spiro atoms. The first kappa shape index (κ1) is 17.3. The third kappa shape index (κ3) is 4.01. The number of aromatic nitrogens is 3. The number of hydrogen-bond acceptors (Lipinski definition) is 5. The van der Waals surface area contributed by atoms with Gasteiger partial charge >= 0.3 is 0 Å². The van der Waals surface area contributed by atoms with E-state index in [2.05, 4.69) is 20.5 Å². The van der Waals surface area contributed by atoms with Gasteiger partial charge in [0.1, 0.15) is 5.82 Å². The molecule has 0 aliphatic carbocycles. The summed E-state index contributed by atoms with van der Waals surface area (Å²) in [5.41, 5.74) is 2.25. The number of rotatable bonds is 6. The number of aromatic amines is 1. The highest BCUT2D eigenvalue weighted by molar-refractivity contribution is 7.99. The maximum absolute atomic E-state index is 13.5. The fraction of sp³-hybridized carbons (Fsp3) is 0.105. The lowest BCUT2D eigenvalue weighted by Crippen LogP contribution is -2.14. The zero-order valence-electron chi connectivity index (χ0n) is 14.1. The van der Waals surface area contributed by atoms with E-state index in [1.165, 1.54) is 12.1 Å². The summed E-state index contributed by atoms with van der Waals surface area (Å²) < 4.78 is 19.1. The minimum Gasteiger partial charge on any atom is -0.416 e. The van der Waals surface area contributed by atoms with E-state index in [1.54, 1.807) is 12.1 Å². The topological polar surface area (TPSA) is 83.8 Å². The van der Waals surface area contributed by atoms with Crippen LogP contribution in [0.3, 0.4) is 0 Å². The zero-order chi connectivity index (χ0) is 18.6. The molecule has 0 aliphatic rings. The summed E-state index contributed by atoms with van der Waals surface area (Å²) in [5.74, 6) is -0.309. The Morgan fingerprint density at radius 1 is 1.15 bits per heavy atom. The number of thioether (sulfide) groups is 1. The van der Waals surface area contributed by atoms with Crippen molar-refractivity contribution in [1.82, 2.24) is 15.2 Å². The van der Waals surface area contributed by atoms with E-state index >= 15 is 0 Å². The summed E-state index contributed by atoms with van der Waals surface area (Å²) in [7, 11) is 0. The summed E-state index contributed by atoms with van der Waals surface area (Å²) in [6.07, 6.45) is 2.42. The number of hydrogen-bond donors (Lipinski definition) is 2. The van der Waals surface area contributed by atoms with Crippen LogP contribution in [0, 0.1) is 5.82 Å². The number of fused-ring (bicyclic) bond motifs is 1. The summed E-state index contributed by atoms with van der Waals surface area (Å²) in [5, 5.41) is 11.9. The maximum atomic E-state index is 13.5. The van der Waals surface area contributed by atoms with Crippen molar-refractivity contribution in [2.24, 2.45) is 0 Å². The number of carbonyl (C=O) groups excluding carboxylic acids is 1. The zero-order valence-corrected chi connectivity index (χ0v) is 14.9. The van der Waals surface area contributed by atoms with Gasteiger partial charge in [0.15, 0.2) is 0 Å². The highest BCUT2D eigenvalue weighted by atomic mass is 32.2. The van der Waals surface area contributed by atoms with Crippen molar-refractivity contribution in [2.75, 3.05) is 11.1 Å². The van der Waals surface area contributed by atoms with Gasteiger partial charge in [0.05, 0.1) is 17.9 Å². The van der Waals surface area contributed by atoms with Crippen molar-refractivity contribution >= 4 is 34.3 Å². The normalized spacial score (nSPS) is 11.0. The molecule has 6 nitrogen and oxygen atoms in total. The minimum atomic E-state index is -0.477. The Kier molecular flexibility index (Phi) is 4.88. The fourth-order valence-electron chi connectivity index (χ4n) is 2.68. The van der Waals surface area contributed by atoms with E-state index < -0.39 is 5.82 Å². The van der Waals surface area contributed by atoms with Crippen molar-refractivity contribution < 1.29 is 13.6 Å². The van der Waals surface area contributed by atoms with Crippen LogP contribution >= 0.6 is 11.8 Å². The molecule has 8 heteroatoms. The van der Waals surface area contributed by atoms with Gasteiger partial charge in [-0.1, -0.05) is 42.1 Å². The van der Waals surface area contributed by atoms with E-state index in [9.17, 15) is 9.18 Å². The van der Waals surface area contributed by atoms with Gasteiger partial charge in [0.2, 0.25) is 11.8 Å². The molecule has 0 unspecified atom stereocenters. The van der Waals surface area contributed by atoms with Crippen molar-refractivity contribution in [3.05, 3.63) is 72.0 Å². The molecule has 0 aliphatic heterocycles. The van der Waals surface area contributed by atoms with E-state index in [1.807, 2.05) is 30.5 Å². The number of benzene rings is 2. The molecule has 4 rings (SSSR count). The standard InChI is InChI=1S/C19H15FN4O2S/c20-14-6-2-4-8-16(14)22-17(25)11-27-19-24-23-18(26-19)9-12-10-21-15-7-3-1-5-13(12)15/h1-8,10,21H,9,11H2,(H,22,25). The number of nitrogens with zero attached hydrogens (tertiary/aromatic N) is 2. The molecule has 2 N–H and O–H groups in total.